The number of carbonyl (C=O) groups is 2. The molecule has 3 rings (SSSR count). The van der Waals surface area contributed by atoms with E-state index in [0.717, 1.165) is 12.1 Å². The number of benzene rings is 3. The Bertz CT molecular complexity index is 1200. The highest BCUT2D eigenvalue weighted by molar-refractivity contribution is 6.31. The van der Waals surface area contributed by atoms with Gasteiger partial charge in [0.15, 0.2) is 0 Å². The first-order chi connectivity index (χ1) is 16.9. The lowest BCUT2D eigenvalue weighted by Crippen LogP contribution is -2.26. The summed E-state index contributed by atoms with van der Waals surface area (Å²) in [4.78, 5) is 27.6. The van der Waals surface area contributed by atoms with Crippen LogP contribution < -0.4 is 10.7 Å². The third kappa shape index (κ3) is 7.71. The number of nitrogens with one attached hydrogen (secondary N) is 2. The van der Waals surface area contributed by atoms with Crippen molar-refractivity contribution in [1.29, 1.82) is 0 Å². The van der Waals surface area contributed by atoms with Gasteiger partial charge in [-0.3, -0.25) is 14.5 Å². The van der Waals surface area contributed by atoms with E-state index in [4.69, 9.17) is 16.7 Å². The number of aliphatic hydroxyl groups is 1. The molecule has 2 amide bonds. The molecule has 0 radical (unpaired) electrons. The molecule has 0 saturated carbocycles. The summed E-state index contributed by atoms with van der Waals surface area (Å²) in [5.41, 5.74) is 4.67. The highest BCUT2D eigenvalue weighted by atomic mass is 35.5. The molecule has 7 nitrogen and oxygen atoms in total. The molecule has 0 unspecified atom stereocenters. The van der Waals surface area contributed by atoms with E-state index in [1.54, 1.807) is 24.3 Å². The van der Waals surface area contributed by atoms with E-state index in [-0.39, 0.29) is 23.8 Å². The lowest BCUT2D eigenvalue weighted by atomic mass is 10.1. The summed E-state index contributed by atoms with van der Waals surface area (Å²) < 4.78 is 13.3. The Labute approximate surface area is 208 Å². The van der Waals surface area contributed by atoms with Crippen LogP contribution in [0, 0.1) is 5.82 Å². The van der Waals surface area contributed by atoms with E-state index in [2.05, 4.69) is 20.7 Å². The zero-order valence-corrected chi connectivity index (χ0v) is 19.9. The van der Waals surface area contributed by atoms with Crippen molar-refractivity contribution in [2.24, 2.45) is 5.10 Å². The number of nitrogens with zero attached hydrogens (tertiary/aromatic N) is 2. The number of hydrogen-bond acceptors (Lipinski definition) is 5. The number of hydrazone groups is 1. The Morgan fingerprint density at radius 2 is 1.86 bits per heavy atom. The molecule has 0 aliphatic carbocycles. The molecular weight excluding hydrogens is 471 g/mol. The van der Waals surface area contributed by atoms with Gasteiger partial charge in [-0.05, 0) is 60.1 Å². The third-order valence-electron chi connectivity index (χ3n) is 5.19. The SMILES string of the molecule is CCN(CCO)Cc1ccc(C(=O)Nc2ccc(Cl)cc2C(=O)N/N=C/c2cccc(F)c2)cc1. The van der Waals surface area contributed by atoms with Gasteiger partial charge in [-0.15, -0.1) is 0 Å². The molecule has 0 aliphatic rings. The molecule has 0 bridgehead atoms. The Hall–Kier alpha value is -3.59. The Kier molecular flexibility index (Phi) is 9.48. The van der Waals surface area contributed by atoms with Gasteiger partial charge in [0, 0.05) is 23.7 Å². The highest BCUT2D eigenvalue weighted by Gasteiger charge is 2.15. The van der Waals surface area contributed by atoms with Crippen molar-refractivity contribution in [2.45, 2.75) is 13.5 Å². The van der Waals surface area contributed by atoms with Crippen molar-refractivity contribution in [3.8, 4) is 0 Å². The monoisotopic (exact) mass is 496 g/mol. The van der Waals surface area contributed by atoms with E-state index in [0.29, 0.717) is 29.2 Å². The quantitative estimate of drug-likeness (QED) is 0.288. The molecule has 0 aromatic heterocycles. The van der Waals surface area contributed by atoms with Gasteiger partial charge < -0.3 is 10.4 Å². The predicted molar refractivity (Wildman–Crippen MR) is 135 cm³/mol. The molecule has 0 aliphatic heterocycles. The fraction of sp³-hybridized carbons (Fsp3) is 0.192. The molecule has 3 aromatic rings. The second-order valence-electron chi connectivity index (χ2n) is 7.69. The molecule has 3 aromatic carbocycles. The maximum atomic E-state index is 13.3. The number of halogens is 2. The number of hydrogen-bond donors (Lipinski definition) is 3. The highest BCUT2D eigenvalue weighted by Crippen LogP contribution is 2.22. The molecule has 0 heterocycles. The molecular formula is C26H26ClFN4O3. The van der Waals surface area contributed by atoms with Crippen molar-refractivity contribution < 1.29 is 19.1 Å². The summed E-state index contributed by atoms with van der Waals surface area (Å²) in [6, 6.07) is 17.4. The van der Waals surface area contributed by atoms with Crippen LogP contribution in [-0.4, -0.2) is 47.7 Å². The van der Waals surface area contributed by atoms with Gasteiger partial charge in [0.2, 0.25) is 0 Å². The third-order valence-corrected chi connectivity index (χ3v) is 5.42. The number of amides is 2. The van der Waals surface area contributed by atoms with Crippen molar-refractivity contribution >= 4 is 35.3 Å². The molecule has 0 saturated heterocycles. The lowest BCUT2D eigenvalue weighted by Gasteiger charge is -2.19. The minimum absolute atomic E-state index is 0.0848. The van der Waals surface area contributed by atoms with Gasteiger partial charge in [0.25, 0.3) is 11.8 Å². The molecule has 9 heteroatoms. The zero-order chi connectivity index (χ0) is 25.2. The van der Waals surface area contributed by atoms with Crippen LogP contribution in [0.25, 0.3) is 0 Å². The number of rotatable bonds is 10. The normalized spacial score (nSPS) is 11.1. The summed E-state index contributed by atoms with van der Waals surface area (Å²) in [6.45, 7) is 4.14. The lowest BCUT2D eigenvalue weighted by molar-refractivity contribution is 0.0956. The summed E-state index contributed by atoms with van der Waals surface area (Å²) >= 11 is 6.06. The number of aliphatic hydroxyl groups excluding tert-OH is 1. The Morgan fingerprint density at radius 3 is 2.54 bits per heavy atom. The van der Waals surface area contributed by atoms with Crippen LogP contribution in [0.5, 0.6) is 0 Å². The van der Waals surface area contributed by atoms with Gasteiger partial charge in [0.05, 0.1) is 24.1 Å². The van der Waals surface area contributed by atoms with Crippen LogP contribution in [0.2, 0.25) is 5.02 Å². The van der Waals surface area contributed by atoms with E-state index >= 15 is 0 Å². The molecule has 0 spiro atoms. The maximum Gasteiger partial charge on any atom is 0.273 e. The minimum atomic E-state index is -0.589. The zero-order valence-electron chi connectivity index (χ0n) is 19.2. The van der Waals surface area contributed by atoms with Crippen LogP contribution in [0.15, 0.2) is 71.8 Å². The largest absolute Gasteiger partial charge is 0.395 e. The maximum absolute atomic E-state index is 13.3. The average Bonchev–Trinajstić information content (AvgIpc) is 2.85. The Morgan fingerprint density at radius 1 is 1.09 bits per heavy atom. The van der Waals surface area contributed by atoms with Gasteiger partial charge >= 0.3 is 0 Å². The van der Waals surface area contributed by atoms with Crippen LogP contribution >= 0.6 is 11.6 Å². The van der Waals surface area contributed by atoms with Gasteiger partial charge in [-0.2, -0.15) is 5.10 Å². The van der Waals surface area contributed by atoms with E-state index < -0.39 is 11.7 Å². The standard InChI is InChI=1S/C26H26ClFN4O3/c1-2-32(12-13-33)17-18-6-8-20(9-7-18)25(34)30-24-11-10-21(27)15-23(24)26(35)31-29-16-19-4-3-5-22(28)14-19/h3-11,14-16,33H,2,12-13,17H2,1H3,(H,30,34)(H,31,35)/b29-16+. The van der Waals surface area contributed by atoms with Gasteiger partial charge in [-0.1, -0.05) is 42.8 Å². The van der Waals surface area contributed by atoms with Crippen molar-refractivity contribution in [1.82, 2.24) is 10.3 Å². The van der Waals surface area contributed by atoms with Crippen molar-refractivity contribution in [3.63, 3.8) is 0 Å². The number of likely N-dealkylation sites (N-methyl/N-ethyl adjacent to an activating group) is 1. The number of carbonyl (C=O) groups excluding carboxylic acids is 2. The first kappa shape index (κ1) is 26.0. The fourth-order valence-electron chi connectivity index (χ4n) is 3.33. The topological polar surface area (TPSA) is 94.0 Å². The fourth-order valence-corrected chi connectivity index (χ4v) is 3.50. The summed E-state index contributed by atoms with van der Waals surface area (Å²) in [5, 5.41) is 16.0. The minimum Gasteiger partial charge on any atom is -0.395 e. The van der Waals surface area contributed by atoms with Crippen LogP contribution in [0.1, 0.15) is 38.8 Å². The smallest absolute Gasteiger partial charge is 0.273 e. The predicted octanol–water partition coefficient (Wildman–Crippen LogP) is 4.31. The van der Waals surface area contributed by atoms with Crippen molar-refractivity contribution in [2.75, 3.05) is 25.0 Å². The number of anilines is 1. The van der Waals surface area contributed by atoms with Gasteiger partial charge in [0.1, 0.15) is 5.82 Å². The summed E-state index contributed by atoms with van der Waals surface area (Å²) in [7, 11) is 0. The van der Waals surface area contributed by atoms with Crippen LogP contribution in [-0.2, 0) is 6.54 Å². The molecule has 35 heavy (non-hydrogen) atoms. The first-order valence-corrected chi connectivity index (χ1v) is 11.4. The molecule has 0 fully saturated rings. The summed E-state index contributed by atoms with van der Waals surface area (Å²) in [5.74, 6) is -1.39. The second-order valence-corrected chi connectivity index (χ2v) is 8.12. The van der Waals surface area contributed by atoms with Gasteiger partial charge in [-0.25, -0.2) is 9.82 Å². The van der Waals surface area contributed by atoms with E-state index in [9.17, 15) is 14.0 Å². The van der Waals surface area contributed by atoms with Crippen LogP contribution in [0.4, 0.5) is 10.1 Å². The summed E-state index contributed by atoms with van der Waals surface area (Å²) in [6.07, 6.45) is 1.31. The Balaban J connectivity index is 1.69. The first-order valence-electron chi connectivity index (χ1n) is 11.0. The second kappa shape index (κ2) is 12.8. The average molecular weight is 497 g/mol. The van der Waals surface area contributed by atoms with E-state index in [1.165, 1.54) is 36.5 Å². The van der Waals surface area contributed by atoms with Crippen molar-refractivity contribution in [3.05, 3.63) is 99.8 Å². The van der Waals surface area contributed by atoms with Crippen LogP contribution in [0.3, 0.4) is 0 Å². The molecule has 182 valence electrons. The molecule has 0 atom stereocenters. The van der Waals surface area contributed by atoms with E-state index in [1.807, 2.05) is 19.1 Å². The molecule has 3 N–H and O–H groups in total.